The highest BCUT2D eigenvalue weighted by Crippen LogP contribution is 2.30. The van der Waals surface area contributed by atoms with Crippen molar-refractivity contribution in [3.8, 4) is 6.07 Å². The third-order valence-corrected chi connectivity index (χ3v) is 7.82. The molecular weight excluding hydrogens is 504 g/mol. The van der Waals surface area contributed by atoms with Crippen molar-refractivity contribution in [1.82, 2.24) is 19.8 Å². The Hall–Kier alpha value is -3.30. The summed E-state index contributed by atoms with van der Waals surface area (Å²) in [5, 5.41) is 16.7. The average molecular weight is 538 g/mol. The Bertz CT molecular complexity index is 1360. The maximum Gasteiger partial charge on any atom is 0.171 e. The third kappa shape index (κ3) is 5.30. The number of hydrogen-bond acceptors (Lipinski definition) is 8. The van der Waals surface area contributed by atoms with Gasteiger partial charge in [0.25, 0.3) is 0 Å². The minimum Gasteiger partial charge on any atom is -0.371 e. The van der Waals surface area contributed by atoms with Gasteiger partial charge >= 0.3 is 0 Å². The molecule has 3 aliphatic heterocycles. The van der Waals surface area contributed by atoms with Crippen LogP contribution in [0.1, 0.15) is 24.3 Å². The molecule has 3 aliphatic rings. The van der Waals surface area contributed by atoms with Crippen LogP contribution >= 0.6 is 0 Å². The molecule has 3 saturated heterocycles. The molecule has 0 saturated carbocycles. The van der Waals surface area contributed by atoms with Crippen LogP contribution in [0.5, 0.6) is 0 Å². The zero-order valence-corrected chi connectivity index (χ0v) is 22.0. The molecule has 0 radical (unpaired) electrons. The molecule has 0 amide bonds. The fourth-order valence-electron chi connectivity index (χ4n) is 5.95. The number of aromatic nitrogens is 2. The number of nitrogens with one attached hydrogen (secondary N) is 1. The summed E-state index contributed by atoms with van der Waals surface area (Å²) in [5.74, 6) is -0.659. The van der Waals surface area contributed by atoms with Crippen molar-refractivity contribution in [3.63, 3.8) is 0 Å². The zero-order chi connectivity index (χ0) is 26.9. The number of halogens is 2. The van der Waals surface area contributed by atoms with Crippen LogP contribution in [0, 0.1) is 23.0 Å². The standard InChI is InChI=1S/C28H33F2N7O2/c1-19-16-36(26-5-3-21(13-31)37-28(26)24(30)14-33-37)18-22(39-19)17-34-7-9-35(10-8-34)25-4-2-20(12-23(25)29)27-15-32-6-11-38-27/h2-5,12,14,19,22,27,32H,6-11,15-18H2,1H3/t19-,22+,27?/m1/s1. The third-order valence-electron chi connectivity index (χ3n) is 7.82. The monoisotopic (exact) mass is 537 g/mol. The smallest absolute Gasteiger partial charge is 0.171 e. The lowest BCUT2D eigenvalue weighted by Gasteiger charge is -2.42. The Labute approximate surface area is 226 Å². The summed E-state index contributed by atoms with van der Waals surface area (Å²) in [6, 6.07) is 11.0. The van der Waals surface area contributed by atoms with Crippen molar-refractivity contribution in [3.05, 3.63) is 59.4 Å². The van der Waals surface area contributed by atoms with Gasteiger partial charge in [0.2, 0.25) is 0 Å². The van der Waals surface area contributed by atoms with E-state index in [9.17, 15) is 9.65 Å². The van der Waals surface area contributed by atoms with Crippen molar-refractivity contribution in [1.29, 1.82) is 5.26 Å². The molecule has 39 heavy (non-hydrogen) atoms. The molecule has 3 fully saturated rings. The summed E-state index contributed by atoms with van der Waals surface area (Å²) in [6.45, 7) is 9.17. The van der Waals surface area contributed by atoms with E-state index < -0.39 is 5.82 Å². The minimum atomic E-state index is -0.447. The Morgan fingerprint density at radius 3 is 2.62 bits per heavy atom. The number of hydrogen-bond donors (Lipinski definition) is 1. The molecule has 11 heteroatoms. The van der Waals surface area contributed by atoms with Crippen LogP contribution < -0.4 is 15.1 Å². The van der Waals surface area contributed by atoms with Crippen LogP contribution in [0.25, 0.3) is 5.52 Å². The van der Waals surface area contributed by atoms with Gasteiger partial charge in [0.15, 0.2) is 5.82 Å². The molecule has 0 spiro atoms. The summed E-state index contributed by atoms with van der Waals surface area (Å²) in [5.41, 5.74) is 2.81. The van der Waals surface area contributed by atoms with E-state index in [2.05, 4.69) is 31.2 Å². The van der Waals surface area contributed by atoms with Crippen LogP contribution in [0.3, 0.4) is 0 Å². The molecule has 6 rings (SSSR count). The van der Waals surface area contributed by atoms with Gasteiger partial charge in [-0.25, -0.2) is 13.3 Å². The lowest BCUT2D eigenvalue weighted by Crippen LogP contribution is -2.54. The Morgan fingerprint density at radius 2 is 1.87 bits per heavy atom. The maximum absolute atomic E-state index is 15.1. The molecule has 3 aromatic rings. The first-order chi connectivity index (χ1) is 19.0. The predicted molar refractivity (Wildman–Crippen MR) is 143 cm³/mol. The van der Waals surface area contributed by atoms with Gasteiger partial charge in [0.05, 0.1) is 42.5 Å². The molecule has 1 N–H and O–H groups in total. The summed E-state index contributed by atoms with van der Waals surface area (Å²) >= 11 is 0. The quantitative estimate of drug-likeness (QED) is 0.532. The molecular formula is C28H33F2N7O2. The van der Waals surface area contributed by atoms with E-state index in [1.807, 2.05) is 19.1 Å². The maximum atomic E-state index is 15.1. The topological polar surface area (TPSA) is 81.3 Å². The SMILES string of the molecule is C[C@@H]1CN(c2ccc(C#N)n3ncc(F)c23)C[C@H](CN2CCN(c3ccc(C4CNCCO4)cc3F)CC2)O1. The number of anilines is 2. The van der Waals surface area contributed by atoms with E-state index in [1.165, 1.54) is 4.52 Å². The van der Waals surface area contributed by atoms with E-state index in [4.69, 9.17) is 9.47 Å². The highest BCUT2D eigenvalue weighted by atomic mass is 19.1. The highest BCUT2D eigenvalue weighted by Gasteiger charge is 2.30. The normalized spacial score (nSPS) is 24.7. The summed E-state index contributed by atoms with van der Waals surface area (Å²) in [6.07, 6.45) is 0.935. The van der Waals surface area contributed by atoms with Gasteiger partial charge < -0.3 is 24.6 Å². The lowest BCUT2D eigenvalue weighted by molar-refractivity contribution is -0.0327. The Balaban J connectivity index is 1.09. The van der Waals surface area contributed by atoms with Gasteiger partial charge in [-0.15, -0.1) is 0 Å². The Morgan fingerprint density at radius 1 is 1.05 bits per heavy atom. The molecule has 5 heterocycles. The molecule has 1 aromatic carbocycles. The number of piperazine rings is 1. The van der Waals surface area contributed by atoms with Crippen molar-refractivity contribution >= 4 is 16.9 Å². The molecule has 0 bridgehead atoms. The number of pyridine rings is 1. The van der Waals surface area contributed by atoms with Gasteiger partial charge in [-0.05, 0) is 36.8 Å². The molecule has 9 nitrogen and oxygen atoms in total. The number of nitriles is 1. The van der Waals surface area contributed by atoms with Gasteiger partial charge in [-0.2, -0.15) is 10.4 Å². The average Bonchev–Trinajstić information content (AvgIpc) is 3.35. The molecule has 2 aromatic heterocycles. The molecule has 3 atom stereocenters. The highest BCUT2D eigenvalue weighted by molar-refractivity contribution is 5.74. The lowest BCUT2D eigenvalue weighted by atomic mass is 10.1. The largest absolute Gasteiger partial charge is 0.371 e. The summed E-state index contributed by atoms with van der Waals surface area (Å²) in [4.78, 5) is 6.57. The Kier molecular flexibility index (Phi) is 7.36. The van der Waals surface area contributed by atoms with E-state index in [1.54, 1.807) is 18.2 Å². The van der Waals surface area contributed by atoms with Gasteiger partial charge in [-0.1, -0.05) is 6.07 Å². The second kappa shape index (κ2) is 11.1. The first kappa shape index (κ1) is 26.0. The number of fused-ring (bicyclic) bond motifs is 1. The molecule has 206 valence electrons. The first-order valence-electron chi connectivity index (χ1n) is 13.6. The van der Waals surface area contributed by atoms with Crippen molar-refractivity contribution in [2.75, 3.05) is 75.3 Å². The first-order valence-corrected chi connectivity index (χ1v) is 13.6. The number of rotatable bonds is 5. The van der Waals surface area contributed by atoms with Crippen LogP contribution in [0.15, 0.2) is 36.5 Å². The van der Waals surface area contributed by atoms with E-state index >= 15 is 4.39 Å². The number of ether oxygens (including phenoxy) is 2. The van der Waals surface area contributed by atoms with Crippen LogP contribution in [0.2, 0.25) is 0 Å². The van der Waals surface area contributed by atoms with E-state index in [-0.39, 0.29) is 24.1 Å². The number of benzene rings is 1. The van der Waals surface area contributed by atoms with Crippen molar-refractivity contribution in [2.24, 2.45) is 0 Å². The number of nitrogens with zero attached hydrogens (tertiary/aromatic N) is 6. The second-order valence-electron chi connectivity index (χ2n) is 10.5. The summed E-state index contributed by atoms with van der Waals surface area (Å²) in [7, 11) is 0. The van der Waals surface area contributed by atoms with E-state index in [0.717, 1.165) is 51.0 Å². The van der Waals surface area contributed by atoms with Crippen molar-refractivity contribution < 1.29 is 18.3 Å². The van der Waals surface area contributed by atoms with Crippen LogP contribution in [0.4, 0.5) is 20.2 Å². The predicted octanol–water partition coefficient (Wildman–Crippen LogP) is 2.56. The van der Waals surface area contributed by atoms with E-state index in [0.29, 0.717) is 48.8 Å². The van der Waals surface area contributed by atoms with Gasteiger partial charge in [-0.3, -0.25) is 4.90 Å². The fraction of sp³-hybridized carbons (Fsp3) is 0.500. The van der Waals surface area contributed by atoms with Gasteiger partial charge in [0, 0.05) is 58.9 Å². The fourth-order valence-corrected chi connectivity index (χ4v) is 5.95. The minimum absolute atomic E-state index is 0.0392. The van der Waals surface area contributed by atoms with Gasteiger partial charge in [0.1, 0.15) is 23.1 Å². The second-order valence-corrected chi connectivity index (χ2v) is 10.5. The molecule has 0 aliphatic carbocycles. The van der Waals surface area contributed by atoms with Crippen LogP contribution in [-0.2, 0) is 9.47 Å². The molecule has 1 unspecified atom stereocenters. The number of morpholine rings is 2. The van der Waals surface area contributed by atoms with Crippen LogP contribution in [-0.4, -0.2) is 92.2 Å². The summed E-state index contributed by atoms with van der Waals surface area (Å²) < 4.78 is 43.1. The van der Waals surface area contributed by atoms with Crippen molar-refractivity contribution in [2.45, 2.75) is 25.2 Å². The zero-order valence-electron chi connectivity index (χ0n) is 22.0.